The number of benzene rings is 3. The lowest BCUT2D eigenvalue weighted by atomic mass is 9.99. The Hall–Kier alpha value is -2.80. The van der Waals surface area contributed by atoms with E-state index < -0.39 is 0 Å². The van der Waals surface area contributed by atoms with E-state index in [0.717, 1.165) is 12.2 Å². The fourth-order valence-electron chi connectivity index (χ4n) is 2.71. The van der Waals surface area contributed by atoms with Gasteiger partial charge in [0.05, 0.1) is 7.11 Å². The molecule has 0 fully saturated rings. The zero-order chi connectivity index (χ0) is 15.9. The summed E-state index contributed by atoms with van der Waals surface area (Å²) in [6, 6.07) is 27.1. The molecule has 0 N–H and O–H groups in total. The highest BCUT2D eigenvalue weighted by atomic mass is 16.5. The van der Waals surface area contributed by atoms with E-state index in [0.29, 0.717) is 0 Å². The van der Waals surface area contributed by atoms with Crippen LogP contribution in [0.2, 0.25) is 0 Å². The first-order valence-corrected chi connectivity index (χ1v) is 7.81. The van der Waals surface area contributed by atoms with E-state index in [1.54, 1.807) is 7.11 Å². The first-order valence-electron chi connectivity index (χ1n) is 7.81. The second kappa shape index (κ2) is 7.46. The minimum absolute atomic E-state index is 0.854. The largest absolute Gasteiger partial charge is 0.496 e. The molecule has 0 aliphatic rings. The van der Waals surface area contributed by atoms with E-state index in [1.165, 1.54) is 22.3 Å². The van der Waals surface area contributed by atoms with Crippen molar-refractivity contribution in [3.8, 4) is 16.9 Å². The topological polar surface area (TPSA) is 9.23 Å². The molecular formula is C22H20O. The van der Waals surface area contributed by atoms with Crippen molar-refractivity contribution in [3.05, 3.63) is 96.1 Å². The van der Waals surface area contributed by atoms with Crippen LogP contribution < -0.4 is 4.74 Å². The number of hydrogen-bond donors (Lipinski definition) is 0. The van der Waals surface area contributed by atoms with Crippen LogP contribution in [0, 0.1) is 0 Å². The van der Waals surface area contributed by atoms with Crippen LogP contribution in [0.3, 0.4) is 0 Å². The molecule has 0 bridgehead atoms. The number of para-hydroxylation sites is 1. The lowest BCUT2D eigenvalue weighted by molar-refractivity contribution is 0.411. The maximum atomic E-state index is 5.41. The summed E-state index contributed by atoms with van der Waals surface area (Å²) in [6.07, 6.45) is 5.24. The minimum Gasteiger partial charge on any atom is -0.496 e. The highest BCUT2D eigenvalue weighted by Gasteiger charge is 2.02. The molecule has 1 heteroatoms. The van der Waals surface area contributed by atoms with Gasteiger partial charge in [0.1, 0.15) is 5.75 Å². The van der Waals surface area contributed by atoms with Crippen molar-refractivity contribution >= 4 is 6.08 Å². The summed E-state index contributed by atoms with van der Waals surface area (Å²) in [7, 11) is 1.72. The third kappa shape index (κ3) is 3.70. The van der Waals surface area contributed by atoms with Crippen LogP contribution in [0.5, 0.6) is 5.75 Å². The smallest absolute Gasteiger partial charge is 0.122 e. The maximum absolute atomic E-state index is 5.41. The lowest BCUT2D eigenvalue weighted by Gasteiger charge is -2.07. The van der Waals surface area contributed by atoms with Crippen molar-refractivity contribution < 1.29 is 4.74 Å². The molecule has 0 aliphatic carbocycles. The van der Waals surface area contributed by atoms with Crippen molar-refractivity contribution in [2.75, 3.05) is 7.11 Å². The third-order valence-corrected chi connectivity index (χ3v) is 3.87. The number of ether oxygens (including phenoxy) is 1. The fraction of sp³-hybridized carbons (Fsp3) is 0.0909. The first-order chi connectivity index (χ1) is 11.4. The summed E-state index contributed by atoms with van der Waals surface area (Å²) in [5.41, 5.74) is 4.92. The average Bonchev–Trinajstić information content (AvgIpc) is 2.63. The van der Waals surface area contributed by atoms with Crippen molar-refractivity contribution in [1.82, 2.24) is 0 Å². The summed E-state index contributed by atoms with van der Waals surface area (Å²) in [6.45, 7) is 0. The molecule has 0 radical (unpaired) electrons. The van der Waals surface area contributed by atoms with Crippen LogP contribution in [-0.2, 0) is 6.42 Å². The molecule has 0 heterocycles. The quantitative estimate of drug-likeness (QED) is 0.594. The predicted molar refractivity (Wildman–Crippen MR) is 97.6 cm³/mol. The van der Waals surface area contributed by atoms with Gasteiger partial charge in [0, 0.05) is 0 Å². The van der Waals surface area contributed by atoms with Gasteiger partial charge in [0.2, 0.25) is 0 Å². The molecular weight excluding hydrogens is 280 g/mol. The molecule has 0 aliphatic heterocycles. The van der Waals surface area contributed by atoms with Crippen molar-refractivity contribution in [2.24, 2.45) is 0 Å². The zero-order valence-electron chi connectivity index (χ0n) is 13.3. The molecule has 0 amide bonds. The Morgan fingerprint density at radius 2 is 1.48 bits per heavy atom. The maximum Gasteiger partial charge on any atom is 0.122 e. The predicted octanol–water partition coefficient (Wildman–Crippen LogP) is 5.62. The number of hydrogen-bond acceptors (Lipinski definition) is 1. The van der Waals surface area contributed by atoms with Gasteiger partial charge < -0.3 is 4.74 Å². The molecule has 0 atom stereocenters. The molecule has 114 valence electrons. The van der Waals surface area contributed by atoms with Crippen LogP contribution in [0.25, 0.3) is 17.2 Å². The lowest BCUT2D eigenvalue weighted by Crippen LogP contribution is -1.89. The van der Waals surface area contributed by atoms with E-state index in [4.69, 9.17) is 4.74 Å². The van der Waals surface area contributed by atoms with Gasteiger partial charge in [-0.3, -0.25) is 0 Å². The number of rotatable bonds is 5. The molecule has 3 rings (SSSR count). The monoisotopic (exact) mass is 300 g/mol. The van der Waals surface area contributed by atoms with Crippen LogP contribution in [-0.4, -0.2) is 7.11 Å². The zero-order valence-corrected chi connectivity index (χ0v) is 13.3. The van der Waals surface area contributed by atoms with Gasteiger partial charge in [-0.2, -0.15) is 0 Å². The Labute approximate surface area is 137 Å². The van der Waals surface area contributed by atoms with Crippen LogP contribution in [0.15, 0.2) is 84.9 Å². The van der Waals surface area contributed by atoms with Crippen LogP contribution in [0.1, 0.15) is 11.1 Å². The molecule has 1 nitrogen and oxygen atoms in total. The van der Waals surface area contributed by atoms with E-state index in [-0.39, 0.29) is 0 Å². The average molecular weight is 300 g/mol. The molecule has 3 aromatic carbocycles. The van der Waals surface area contributed by atoms with Gasteiger partial charge >= 0.3 is 0 Å². The van der Waals surface area contributed by atoms with Crippen molar-refractivity contribution in [1.29, 1.82) is 0 Å². The molecule has 3 aromatic rings. The molecule has 0 aromatic heterocycles. The van der Waals surface area contributed by atoms with Gasteiger partial charge in [-0.05, 0) is 34.7 Å². The minimum atomic E-state index is 0.854. The summed E-state index contributed by atoms with van der Waals surface area (Å²) in [4.78, 5) is 0. The van der Waals surface area contributed by atoms with Gasteiger partial charge in [-0.25, -0.2) is 0 Å². The molecule has 0 saturated heterocycles. The van der Waals surface area contributed by atoms with Crippen molar-refractivity contribution in [2.45, 2.75) is 6.42 Å². The standard InChI is InChI=1S/C22H20O/c1-23-22-17-8-6-13-20(22)15-9-14-19-12-5-7-16-21(19)18-10-3-2-4-11-18/h2-14,16-17H,15H2,1H3. The Morgan fingerprint density at radius 3 is 2.30 bits per heavy atom. The second-order valence-corrected chi connectivity index (χ2v) is 5.37. The summed E-state index contributed by atoms with van der Waals surface area (Å²) < 4.78 is 5.41. The fourth-order valence-corrected chi connectivity index (χ4v) is 2.71. The molecule has 23 heavy (non-hydrogen) atoms. The van der Waals surface area contributed by atoms with E-state index >= 15 is 0 Å². The summed E-state index contributed by atoms with van der Waals surface area (Å²) in [5, 5.41) is 0. The Balaban J connectivity index is 1.83. The molecule has 0 saturated carbocycles. The van der Waals surface area contributed by atoms with Crippen LogP contribution >= 0.6 is 0 Å². The van der Waals surface area contributed by atoms with E-state index in [1.807, 2.05) is 24.3 Å². The van der Waals surface area contributed by atoms with Crippen molar-refractivity contribution in [3.63, 3.8) is 0 Å². The van der Waals surface area contributed by atoms with Gasteiger partial charge in [0.25, 0.3) is 0 Å². The second-order valence-electron chi connectivity index (χ2n) is 5.37. The van der Waals surface area contributed by atoms with E-state index in [2.05, 4.69) is 66.7 Å². The number of allylic oxidation sites excluding steroid dienone is 1. The summed E-state index contributed by atoms with van der Waals surface area (Å²) in [5.74, 6) is 0.938. The first kappa shape index (κ1) is 15.1. The molecule has 0 unspecified atom stereocenters. The molecule has 0 spiro atoms. The van der Waals surface area contributed by atoms with Gasteiger partial charge in [-0.1, -0.05) is 84.9 Å². The number of methoxy groups -OCH3 is 1. The highest BCUT2D eigenvalue weighted by Crippen LogP contribution is 2.25. The third-order valence-electron chi connectivity index (χ3n) is 3.87. The van der Waals surface area contributed by atoms with Crippen LogP contribution in [0.4, 0.5) is 0 Å². The van der Waals surface area contributed by atoms with Gasteiger partial charge in [-0.15, -0.1) is 0 Å². The Kier molecular flexibility index (Phi) is 4.90. The Morgan fingerprint density at radius 1 is 0.783 bits per heavy atom. The SMILES string of the molecule is COc1ccccc1CC=Cc1ccccc1-c1ccccc1. The van der Waals surface area contributed by atoms with Gasteiger partial charge in [0.15, 0.2) is 0 Å². The highest BCUT2D eigenvalue weighted by molar-refractivity contribution is 5.75. The summed E-state index contributed by atoms with van der Waals surface area (Å²) >= 11 is 0. The normalized spacial score (nSPS) is 10.8. The Bertz CT molecular complexity index is 788. The van der Waals surface area contributed by atoms with E-state index in [9.17, 15) is 0 Å².